The molecular weight excluding hydrogens is 288 g/mol. The topological polar surface area (TPSA) is 102 Å². The number of hydrogen-bond acceptors (Lipinski definition) is 5. The molecule has 114 valence electrons. The van der Waals surface area contributed by atoms with Crippen molar-refractivity contribution in [2.75, 3.05) is 12.4 Å². The number of carboxylic acids is 1. The summed E-state index contributed by atoms with van der Waals surface area (Å²) in [7, 11) is 1.44. The summed E-state index contributed by atoms with van der Waals surface area (Å²) >= 11 is 0. The van der Waals surface area contributed by atoms with E-state index in [1.165, 1.54) is 19.2 Å². The summed E-state index contributed by atoms with van der Waals surface area (Å²) in [6, 6.07) is 5.98. The molecule has 1 aliphatic rings. The molecule has 0 radical (unpaired) electrons. The van der Waals surface area contributed by atoms with Crippen LogP contribution in [-0.4, -0.2) is 29.2 Å². The van der Waals surface area contributed by atoms with Crippen LogP contribution in [0.2, 0.25) is 0 Å². The van der Waals surface area contributed by atoms with E-state index in [2.05, 4.69) is 10.5 Å². The average molecular weight is 302 g/mol. The number of aromatic nitrogens is 1. The Balaban J connectivity index is 1.81. The largest absolute Gasteiger partial charge is 0.497 e. The lowest BCUT2D eigenvalue weighted by Crippen LogP contribution is -2.15. The van der Waals surface area contributed by atoms with Crippen LogP contribution >= 0.6 is 0 Å². The molecular formula is C15H14N2O5. The predicted molar refractivity (Wildman–Crippen MR) is 76.4 cm³/mol. The van der Waals surface area contributed by atoms with Gasteiger partial charge in [-0.1, -0.05) is 5.16 Å². The van der Waals surface area contributed by atoms with Crippen molar-refractivity contribution in [3.05, 3.63) is 41.3 Å². The van der Waals surface area contributed by atoms with Gasteiger partial charge in [0, 0.05) is 12.0 Å². The second kappa shape index (κ2) is 5.51. The average Bonchev–Trinajstić information content (AvgIpc) is 3.24. The summed E-state index contributed by atoms with van der Waals surface area (Å²) in [4.78, 5) is 23.4. The predicted octanol–water partition coefficient (Wildman–Crippen LogP) is 2.51. The quantitative estimate of drug-likeness (QED) is 0.880. The minimum Gasteiger partial charge on any atom is -0.497 e. The Bertz CT molecular complexity index is 733. The molecule has 3 rings (SSSR count). The Labute approximate surface area is 125 Å². The third-order valence-electron chi connectivity index (χ3n) is 3.45. The molecule has 1 aliphatic carbocycles. The van der Waals surface area contributed by atoms with Gasteiger partial charge in [0.15, 0.2) is 5.69 Å². The van der Waals surface area contributed by atoms with Gasteiger partial charge in [0.2, 0.25) is 0 Å². The SMILES string of the molecule is COc1ccc(NC(=O)c2cc(C3CC3)on2)c(C(=O)O)c1. The number of carbonyl (C=O) groups is 2. The molecule has 22 heavy (non-hydrogen) atoms. The monoisotopic (exact) mass is 302 g/mol. The zero-order valence-corrected chi connectivity index (χ0v) is 11.8. The van der Waals surface area contributed by atoms with Gasteiger partial charge in [-0.15, -0.1) is 0 Å². The van der Waals surface area contributed by atoms with E-state index in [0.717, 1.165) is 12.8 Å². The van der Waals surface area contributed by atoms with Crippen molar-refractivity contribution in [3.63, 3.8) is 0 Å². The smallest absolute Gasteiger partial charge is 0.337 e. The van der Waals surface area contributed by atoms with Crippen LogP contribution in [0.5, 0.6) is 5.75 Å². The van der Waals surface area contributed by atoms with E-state index in [9.17, 15) is 14.7 Å². The van der Waals surface area contributed by atoms with E-state index in [1.54, 1.807) is 12.1 Å². The van der Waals surface area contributed by atoms with Crippen molar-refractivity contribution in [2.45, 2.75) is 18.8 Å². The highest BCUT2D eigenvalue weighted by Crippen LogP contribution is 2.40. The van der Waals surface area contributed by atoms with Crippen molar-refractivity contribution in [3.8, 4) is 5.75 Å². The van der Waals surface area contributed by atoms with E-state index in [4.69, 9.17) is 9.26 Å². The number of anilines is 1. The Hall–Kier alpha value is -2.83. The second-order valence-corrected chi connectivity index (χ2v) is 5.06. The molecule has 2 N–H and O–H groups in total. The van der Waals surface area contributed by atoms with Crippen LogP contribution in [0.15, 0.2) is 28.8 Å². The van der Waals surface area contributed by atoms with Gasteiger partial charge in [-0.05, 0) is 31.0 Å². The fourth-order valence-corrected chi connectivity index (χ4v) is 2.08. The standard InChI is InChI=1S/C15H14N2O5/c1-21-9-4-5-11(10(6-9)15(19)20)16-14(18)12-7-13(22-17-12)8-2-3-8/h4-8H,2-3H2,1H3,(H,16,18)(H,19,20). The van der Waals surface area contributed by atoms with Crippen molar-refractivity contribution in [1.82, 2.24) is 5.16 Å². The number of nitrogens with zero attached hydrogens (tertiary/aromatic N) is 1. The first-order valence-electron chi connectivity index (χ1n) is 6.78. The van der Waals surface area contributed by atoms with Gasteiger partial charge in [0.25, 0.3) is 5.91 Å². The van der Waals surface area contributed by atoms with Gasteiger partial charge in [-0.3, -0.25) is 4.79 Å². The number of amides is 1. The zero-order valence-electron chi connectivity index (χ0n) is 11.8. The summed E-state index contributed by atoms with van der Waals surface area (Å²) < 4.78 is 10.1. The Morgan fingerprint density at radius 2 is 2.14 bits per heavy atom. The number of methoxy groups -OCH3 is 1. The number of nitrogens with one attached hydrogen (secondary N) is 1. The summed E-state index contributed by atoms with van der Waals surface area (Å²) in [6.07, 6.45) is 2.08. The first kappa shape index (κ1) is 14.1. The molecule has 1 heterocycles. The maximum atomic E-state index is 12.1. The van der Waals surface area contributed by atoms with Gasteiger partial charge in [-0.2, -0.15) is 0 Å². The number of carbonyl (C=O) groups excluding carboxylic acids is 1. The number of carboxylic acid groups (broad SMARTS) is 1. The van der Waals surface area contributed by atoms with Crippen LogP contribution in [0.1, 0.15) is 45.4 Å². The first-order valence-corrected chi connectivity index (χ1v) is 6.78. The summed E-state index contributed by atoms with van der Waals surface area (Å²) in [5.41, 5.74) is 0.252. The lowest BCUT2D eigenvalue weighted by atomic mass is 10.1. The maximum Gasteiger partial charge on any atom is 0.337 e. The van der Waals surface area contributed by atoms with Crippen molar-refractivity contribution in [1.29, 1.82) is 0 Å². The highest BCUT2D eigenvalue weighted by molar-refractivity contribution is 6.06. The van der Waals surface area contributed by atoms with Crippen molar-refractivity contribution < 1.29 is 24.0 Å². The number of benzene rings is 1. The summed E-state index contributed by atoms with van der Waals surface area (Å²) in [6.45, 7) is 0. The Morgan fingerprint density at radius 1 is 1.36 bits per heavy atom. The van der Waals surface area contributed by atoms with Gasteiger partial charge < -0.3 is 19.7 Å². The van der Waals surface area contributed by atoms with Crippen LogP contribution < -0.4 is 10.1 Å². The van der Waals surface area contributed by atoms with Gasteiger partial charge in [-0.25, -0.2) is 4.79 Å². The van der Waals surface area contributed by atoms with Crippen LogP contribution in [0.25, 0.3) is 0 Å². The summed E-state index contributed by atoms with van der Waals surface area (Å²) in [5, 5.41) is 15.5. The van der Waals surface area contributed by atoms with Crippen molar-refractivity contribution in [2.24, 2.45) is 0 Å². The molecule has 1 aromatic heterocycles. The van der Waals surface area contributed by atoms with E-state index in [-0.39, 0.29) is 16.9 Å². The minimum absolute atomic E-state index is 0.0568. The Kier molecular flexibility index (Phi) is 3.54. The molecule has 7 heteroatoms. The lowest BCUT2D eigenvalue weighted by molar-refractivity contribution is 0.0697. The molecule has 0 unspecified atom stereocenters. The Morgan fingerprint density at radius 3 is 2.77 bits per heavy atom. The molecule has 1 aromatic carbocycles. The minimum atomic E-state index is -1.16. The highest BCUT2D eigenvalue weighted by Gasteiger charge is 2.29. The third kappa shape index (κ3) is 2.78. The molecule has 0 saturated heterocycles. The number of aromatic carboxylic acids is 1. The maximum absolute atomic E-state index is 12.1. The molecule has 0 bridgehead atoms. The first-order chi connectivity index (χ1) is 10.6. The number of ether oxygens (including phenoxy) is 1. The molecule has 7 nitrogen and oxygen atoms in total. The van der Waals surface area contributed by atoms with Crippen LogP contribution in [0, 0.1) is 0 Å². The van der Waals surface area contributed by atoms with Crippen LogP contribution in [0.3, 0.4) is 0 Å². The van der Waals surface area contributed by atoms with E-state index < -0.39 is 11.9 Å². The zero-order chi connectivity index (χ0) is 15.7. The fraction of sp³-hybridized carbons (Fsp3) is 0.267. The molecule has 2 aromatic rings. The van der Waals surface area contributed by atoms with E-state index in [1.807, 2.05) is 0 Å². The molecule has 1 fully saturated rings. The second-order valence-electron chi connectivity index (χ2n) is 5.06. The van der Waals surface area contributed by atoms with Gasteiger partial charge in [0.1, 0.15) is 11.5 Å². The number of hydrogen-bond donors (Lipinski definition) is 2. The number of rotatable bonds is 5. The van der Waals surface area contributed by atoms with Crippen molar-refractivity contribution >= 4 is 17.6 Å². The highest BCUT2D eigenvalue weighted by atomic mass is 16.5. The van der Waals surface area contributed by atoms with Gasteiger partial charge in [0.05, 0.1) is 18.4 Å². The molecule has 0 atom stereocenters. The molecule has 0 aliphatic heterocycles. The fourth-order valence-electron chi connectivity index (χ4n) is 2.08. The molecule has 0 spiro atoms. The summed E-state index contributed by atoms with van der Waals surface area (Å²) in [5.74, 6) is -0.229. The van der Waals surface area contributed by atoms with E-state index >= 15 is 0 Å². The van der Waals surface area contributed by atoms with Crippen LogP contribution in [-0.2, 0) is 0 Å². The lowest BCUT2D eigenvalue weighted by Gasteiger charge is -2.08. The van der Waals surface area contributed by atoms with Crippen LogP contribution in [0.4, 0.5) is 5.69 Å². The van der Waals surface area contributed by atoms with Gasteiger partial charge >= 0.3 is 5.97 Å². The molecule has 1 amide bonds. The van der Waals surface area contributed by atoms with E-state index in [0.29, 0.717) is 17.4 Å². The normalized spacial score (nSPS) is 13.7. The third-order valence-corrected chi connectivity index (χ3v) is 3.45. The molecule has 1 saturated carbocycles.